The third-order valence-electron chi connectivity index (χ3n) is 4.31. The van der Waals surface area contributed by atoms with Gasteiger partial charge in [-0.15, -0.1) is 0 Å². The van der Waals surface area contributed by atoms with Gasteiger partial charge in [0, 0.05) is 13.1 Å². The summed E-state index contributed by atoms with van der Waals surface area (Å²) in [5.74, 6) is 0.226. The third kappa shape index (κ3) is 3.97. The minimum absolute atomic E-state index is 0.543. The lowest BCUT2D eigenvalue weighted by molar-refractivity contribution is -0.148. The van der Waals surface area contributed by atoms with Gasteiger partial charge in [-0.2, -0.15) is 0 Å². The molecule has 1 aromatic carbocycles. The van der Waals surface area contributed by atoms with Crippen molar-refractivity contribution in [2.45, 2.75) is 33.1 Å². The Balaban J connectivity index is 1.80. The Kier molecular flexibility index (Phi) is 5.23. The largest absolute Gasteiger partial charge is 0.492 e. The second-order valence-corrected chi connectivity index (χ2v) is 6.02. The fourth-order valence-corrected chi connectivity index (χ4v) is 3.04. The molecule has 0 aromatic heterocycles. The summed E-state index contributed by atoms with van der Waals surface area (Å²) in [5.41, 5.74) is 0.672. The van der Waals surface area contributed by atoms with Crippen LogP contribution in [0.4, 0.5) is 0 Å². The van der Waals surface area contributed by atoms with E-state index in [1.807, 2.05) is 38.1 Å². The molecule has 1 aliphatic heterocycles. The summed E-state index contributed by atoms with van der Waals surface area (Å²) in [4.78, 5) is 13.7. The van der Waals surface area contributed by atoms with E-state index in [-0.39, 0.29) is 0 Å². The van der Waals surface area contributed by atoms with E-state index < -0.39 is 11.4 Å². The zero-order chi connectivity index (χ0) is 15.3. The van der Waals surface area contributed by atoms with Crippen LogP contribution in [0.3, 0.4) is 0 Å². The van der Waals surface area contributed by atoms with Crippen LogP contribution in [0.1, 0.15) is 31.7 Å². The first-order valence-electron chi connectivity index (χ1n) is 7.71. The summed E-state index contributed by atoms with van der Waals surface area (Å²) < 4.78 is 5.72. The maximum absolute atomic E-state index is 11.5. The zero-order valence-electron chi connectivity index (χ0n) is 13.0. The highest BCUT2D eigenvalue weighted by Gasteiger charge is 2.43. The average molecular weight is 291 g/mol. The maximum Gasteiger partial charge on any atom is 0.310 e. The highest BCUT2D eigenvalue weighted by Crippen LogP contribution is 2.35. The molecule has 0 radical (unpaired) electrons. The molecule has 1 fully saturated rings. The van der Waals surface area contributed by atoms with Gasteiger partial charge >= 0.3 is 5.97 Å². The van der Waals surface area contributed by atoms with Gasteiger partial charge in [0.2, 0.25) is 0 Å². The Morgan fingerprint density at radius 3 is 2.71 bits per heavy atom. The van der Waals surface area contributed by atoms with Crippen molar-refractivity contribution in [3.8, 4) is 5.75 Å². The van der Waals surface area contributed by atoms with Crippen LogP contribution in [0.25, 0.3) is 0 Å². The lowest BCUT2D eigenvalue weighted by Crippen LogP contribution is -2.35. The predicted molar refractivity (Wildman–Crippen MR) is 82.7 cm³/mol. The number of hydrogen-bond donors (Lipinski definition) is 1. The molecule has 1 aliphatic rings. The summed E-state index contributed by atoms with van der Waals surface area (Å²) >= 11 is 0. The summed E-state index contributed by atoms with van der Waals surface area (Å²) in [5, 5.41) is 9.48. The van der Waals surface area contributed by atoms with Gasteiger partial charge in [-0.3, -0.25) is 9.69 Å². The molecule has 0 amide bonds. The number of carboxylic acid groups (broad SMARTS) is 1. The van der Waals surface area contributed by atoms with Crippen LogP contribution in [0.15, 0.2) is 24.3 Å². The van der Waals surface area contributed by atoms with Crippen molar-refractivity contribution in [1.29, 1.82) is 0 Å². The zero-order valence-corrected chi connectivity index (χ0v) is 13.0. The van der Waals surface area contributed by atoms with Crippen LogP contribution in [0.2, 0.25) is 0 Å². The van der Waals surface area contributed by atoms with Gasteiger partial charge in [-0.05, 0) is 38.4 Å². The van der Waals surface area contributed by atoms with Crippen molar-refractivity contribution < 1.29 is 14.6 Å². The molecule has 1 aromatic rings. The van der Waals surface area contributed by atoms with Gasteiger partial charge in [0.25, 0.3) is 0 Å². The fraction of sp³-hybridized carbons (Fsp3) is 0.588. The topological polar surface area (TPSA) is 49.8 Å². The van der Waals surface area contributed by atoms with Crippen LogP contribution in [-0.2, 0) is 4.79 Å². The Hall–Kier alpha value is -1.55. The van der Waals surface area contributed by atoms with Gasteiger partial charge < -0.3 is 9.84 Å². The number of rotatable bonds is 7. The van der Waals surface area contributed by atoms with Crippen molar-refractivity contribution >= 4 is 5.97 Å². The Labute approximate surface area is 126 Å². The minimum atomic E-state index is -0.647. The van der Waals surface area contributed by atoms with Gasteiger partial charge in [0.15, 0.2) is 0 Å². The number of aryl methyl sites for hydroxylation is 1. The molecule has 21 heavy (non-hydrogen) atoms. The smallest absolute Gasteiger partial charge is 0.310 e. The van der Waals surface area contributed by atoms with Crippen LogP contribution >= 0.6 is 0 Å². The minimum Gasteiger partial charge on any atom is -0.492 e. The predicted octanol–water partition coefficient (Wildman–Crippen LogP) is 2.95. The Bertz CT molecular complexity index is 471. The summed E-state index contributed by atoms with van der Waals surface area (Å²) in [7, 11) is 0. The lowest BCUT2D eigenvalue weighted by Gasteiger charge is -2.24. The third-order valence-corrected chi connectivity index (χ3v) is 4.31. The first kappa shape index (κ1) is 15.8. The molecule has 0 bridgehead atoms. The van der Waals surface area contributed by atoms with Gasteiger partial charge in [0.05, 0.1) is 5.41 Å². The molecule has 1 N–H and O–H groups in total. The fourth-order valence-electron chi connectivity index (χ4n) is 3.04. The van der Waals surface area contributed by atoms with E-state index in [1.54, 1.807) is 0 Å². The SMILES string of the molecule is CCCC1(C(=O)O)CCN(CCOc2ccc(C)cc2)C1. The molecular weight excluding hydrogens is 266 g/mol. The number of ether oxygens (including phenoxy) is 1. The molecule has 2 rings (SSSR count). The molecule has 116 valence electrons. The molecule has 4 heteroatoms. The molecule has 1 heterocycles. The average Bonchev–Trinajstić information content (AvgIpc) is 2.86. The molecule has 1 unspecified atom stereocenters. The summed E-state index contributed by atoms with van der Waals surface area (Å²) in [6.45, 7) is 6.98. The first-order chi connectivity index (χ1) is 10.1. The highest BCUT2D eigenvalue weighted by molar-refractivity contribution is 5.75. The van der Waals surface area contributed by atoms with Crippen molar-refractivity contribution in [2.24, 2.45) is 5.41 Å². The van der Waals surface area contributed by atoms with E-state index in [1.165, 1.54) is 5.56 Å². The number of likely N-dealkylation sites (tertiary alicyclic amines) is 1. The maximum atomic E-state index is 11.5. The van der Waals surface area contributed by atoms with E-state index in [2.05, 4.69) is 4.90 Å². The van der Waals surface area contributed by atoms with Crippen molar-refractivity contribution in [2.75, 3.05) is 26.2 Å². The Morgan fingerprint density at radius 2 is 2.10 bits per heavy atom. The van der Waals surface area contributed by atoms with E-state index in [0.717, 1.165) is 38.1 Å². The van der Waals surface area contributed by atoms with Gasteiger partial charge in [-0.1, -0.05) is 31.0 Å². The number of aliphatic carboxylic acids is 1. The van der Waals surface area contributed by atoms with Crippen molar-refractivity contribution in [3.05, 3.63) is 29.8 Å². The van der Waals surface area contributed by atoms with E-state index in [0.29, 0.717) is 13.2 Å². The molecule has 0 saturated carbocycles. The molecule has 0 spiro atoms. The quantitative estimate of drug-likeness (QED) is 0.839. The van der Waals surface area contributed by atoms with Crippen LogP contribution in [0, 0.1) is 12.3 Å². The van der Waals surface area contributed by atoms with Crippen molar-refractivity contribution in [3.63, 3.8) is 0 Å². The lowest BCUT2D eigenvalue weighted by atomic mass is 9.83. The van der Waals surface area contributed by atoms with Crippen LogP contribution in [-0.4, -0.2) is 42.2 Å². The number of carbonyl (C=O) groups is 1. The number of benzene rings is 1. The molecule has 4 nitrogen and oxygen atoms in total. The van der Waals surface area contributed by atoms with E-state index in [4.69, 9.17) is 4.74 Å². The van der Waals surface area contributed by atoms with Gasteiger partial charge in [0.1, 0.15) is 12.4 Å². The highest BCUT2D eigenvalue weighted by atomic mass is 16.5. The first-order valence-corrected chi connectivity index (χ1v) is 7.71. The van der Waals surface area contributed by atoms with E-state index >= 15 is 0 Å². The normalized spacial score (nSPS) is 22.4. The summed E-state index contributed by atoms with van der Waals surface area (Å²) in [6.07, 6.45) is 2.43. The molecule has 0 aliphatic carbocycles. The number of nitrogens with zero attached hydrogens (tertiary/aromatic N) is 1. The van der Waals surface area contributed by atoms with E-state index in [9.17, 15) is 9.90 Å². The Morgan fingerprint density at radius 1 is 1.38 bits per heavy atom. The standard InChI is InChI=1S/C17H25NO3/c1-3-8-17(16(19)20)9-10-18(13-17)11-12-21-15-6-4-14(2)5-7-15/h4-7H,3,8-13H2,1-2H3,(H,19,20). The number of hydrogen-bond acceptors (Lipinski definition) is 3. The van der Waals surface area contributed by atoms with Crippen molar-refractivity contribution in [1.82, 2.24) is 4.90 Å². The molecule has 1 saturated heterocycles. The van der Waals surface area contributed by atoms with Crippen LogP contribution < -0.4 is 4.74 Å². The van der Waals surface area contributed by atoms with Gasteiger partial charge in [-0.25, -0.2) is 0 Å². The second-order valence-electron chi connectivity index (χ2n) is 6.02. The monoisotopic (exact) mass is 291 g/mol. The summed E-state index contributed by atoms with van der Waals surface area (Å²) in [6, 6.07) is 8.00. The number of carboxylic acids is 1. The van der Waals surface area contributed by atoms with Crippen LogP contribution in [0.5, 0.6) is 5.75 Å². The molecular formula is C17H25NO3. The molecule has 1 atom stereocenters. The second kappa shape index (κ2) is 6.94.